The van der Waals surface area contributed by atoms with Crippen LogP contribution in [0.15, 0.2) is 0 Å². The molecular weight excluding hydrogens is 286 g/mol. The highest BCUT2D eigenvalue weighted by atomic mass is 16.2. The molecule has 0 radical (unpaired) electrons. The van der Waals surface area contributed by atoms with Gasteiger partial charge < -0.3 is 4.90 Å². The van der Waals surface area contributed by atoms with Crippen LogP contribution in [0.4, 0.5) is 0 Å². The molecule has 2 heterocycles. The smallest absolute Gasteiger partial charge is 0.239 e. The maximum absolute atomic E-state index is 12.9. The third kappa shape index (κ3) is 4.08. The highest BCUT2D eigenvalue weighted by Crippen LogP contribution is 2.25. The van der Waals surface area contributed by atoms with Gasteiger partial charge >= 0.3 is 0 Å². The monoisotopic (exact) mass is 321 g/mol. The lowest BCUT2D eigenvalue weighted by molar-refractivity contribution is -0.140. The number of rotatable bonds is 3. The van der Waals surface area contributed by atoms with Gasteiger partial charge in [0.05, 0.1) is 6.04 Å². The van der Waals surface area contributed by atoms with Crippen molar-refractivity contribution >= 4 is 5.91 Å². The van der Waals surface area contributed by atoms with E-state index < -0.39 is 0 Å². The van der Waals surface area contributed by atoms with E-state index in [1.807, 2.05) is 0 Å². The van der Waals surface area contributed by atoms with Crippen molar-refractivity contribution in [3.8, 4) is 0 Å². The quantitative estimate of drug-likeness (QED) is 0.799. The lowest BCUT2D eigenvalue weighted by Crippen LogP contribution is -2.57. The van der Waals surface area contributed by atoms with Gasteiger partial charge in [-0.1, -0.05) is 26.7 Å². The molecule has 0 aromatic rings. The first kappa shape index (κ1) is 17.2. The number of nitrogens with zero attached hydrogens (tertiary/aromatic N) is 3. The van der Waals surface area contributed by atoms with Crippen molar-refractivity contribution in [2.45, 2.75) is 65.0 Å². The van der Waals surface area contributed by atoms with E-state index in [2.05, 4.69) is 35.5 Å². The summed E-state index contributed by atoms with van der Waals surface area (Å²) in [7, 11) is 0. The summed E-state index contributed by atoms with van der Waals surface area (Å²) in [6, 6.07) is 0.880. The van der Waals surface area contributed by atoms with Gasteiger partial charge in [0.1, 0.15) is 0 Å². The third-order valence-electron chi connectivity index (χ3n) is 6.28. The fraction of sp³-hybridized carbons (Fsp3) is 0.947. The number of hydrogen-bond acceptors (Lipinski definition) is 3. The first-order chi connectivity index (χ1) is 11.0. The summed E-state index contributed by atoms with van der Waals surface area (Å²) in [4.78, 5) is 20.1. The Balaban J connectivity index is 1.50. The molecule has 4 nitrogen and oxygen atoms in total. The summed E-state index contributed by atoms with van der Waals surface area (Å²) >= 11 is 0. The van der Waals surface area contributed by atoms with E-state index >= 15 is 0 Å². The van der Waals surface area contributed by atoms with Crippen LogP contribution in [0.5, 0.6) is 0 Å². The normalized spacial score (nSPS) is 33.1. The largest absolute Gasteiger partial charge is 0.341 e. The van der Waals surface area contributed by atoms with Crippen molar-refractivity contribution in [3.05, 3.63) is 0 Å². The molecule has 3 unspecified atom stereocenters. The molecule has 1 aliphatic carbocycles. The molecule has 0 bridgehead atoms. The number of piperidine rings is 1. The molecule has 3 atom stereocenters. The van der Waals surface area contributed by atoms with Gasteiger partial charge in [-0.05, 0) is 38.0 Å². The van der Waals surface area contributed by atoms with E-state index in [4.69, 9.17) is 0 Å². The van der Waals surface area contributed by atoms with Gasteiger partial charge in [-0.25, -0.2) is 0 Å². The molecule has 3 rings (SSSR count). The Morgan fingerprint density at radius 1 is 0.957 bits per heavy atom. The maximum atomic E-state index is 12.9. The Labute approximate surface area is 142 Å². The van der Waals surface area contributed by atoms with Crippen LogP contribution >= 0.6 is 0 Å². The van der Waals surface area contributed by atoms with E-state index in [-0.39, 0.29) is 6.04 Å². The molecule has 2 saturated heterocycles. The molecule has 23 heavy (non-hydrogen) atoms. The standard InChI is InChI=1S/C19H35N3O/c1-15-12-16(2)14-22(13-15)19(23)17(3)20-8-10-21(11-9-20)18-6-4-5-7-18/h15-18H,4-14H2,1-3H3. The minimum Gasteiger partial charge on any atom is -0.341 e. The molecule has 1 amide bonds. The topological polar surface area (TPSA) is 26.8 Å². The fourth-order valence-electron chi connectivity index (χ4n) is 5.02. The molecule has 1 saturated carbocycles. The lowest BCUT2D eigenvalue weighted by Gasteiger charge is -2.42. The third-order valence-corrected chi connectivity index (χ3v) is 6.28. The number of piperazine rings is 1. The Kier molecular flexibility index (Phi) is 5.63. The lowest BCUT2D eigenvalue weighted by atomic mass is 9.91. The molecule has 3 aliphatic rings. The van der Waals surface area contributed by atoms with Crippen LogP contribution in [0, 0.1) is 11.8 Å². The van der Waals surface area contributed by atoms with Crippen molar-refractivity contribution in [2.24, 2.45) is 11.8 Å². The Hall–Kier alpha value is -0.610. The van der Waals surface area contributed by atoms with Gasteiger partial charge in [0.25, 0.3) is 0 Å². The second kappa shape index (κ2) is 7.52. The van der Waals surface area contributed by atoms with Crippen molar-refractivity contribution in [3.63, 3.8) is 0 Å². The van der Waals surface area contributed by atoms with Crippen molar-refractivity contribution < 1.29 is 4.79 Å². The summed E-state index contributed by atoms with van der Waals surface area (Å²) in [6.45, 7) is 13.0. The van der Waals surface area contributed by atoms with Crippen LogP contribution < -0.4 is 0 Å². The second-order valence-electron chi connectivity index (χ2n) is 8.38. The summed E-state index contributed by atoms with van der Waals surface area (Å²) in [5, 5.41) is 0. The summed E-state index contributed by atoms with van der Waals surface area (Å²) < 4.78 is 0. The van der Waals surface area contributed by atoms with E-state index in [1.165, 1.54) is 32.1 Å². The van der Waals surface area contributed by atoms with E-state index in [0.29, 0.717) is 17.7 Å². The van der Waals surface area contributed by atoms with Gasteiger partial charge in [0.15, 0.2) is 0 Å². The van der Waals surface area contributed by atoms with E-state index in [1.54, 1.807) is 0 Å². The number of amides is 1. The zero-order valence-corrected chi connectivity index (χ0v) is 15.3. The number of hydrogen-bond donors (Lipinski definition) is 0. The van der Waals surface area contributed by atoms with E-state index in [0.717, 1.165) is 45.3 Å². The minimum absolute atomic E-state index is 0.0539. The Morgan fingerprint density at radius 2 is 1.52 bits per heavy atom. The van der Waals surface area contributed by atoms with Gasteiger partial charge in [0.2, 0.25) is 5.91 Å². The Bertz CT molecular complexity index is 389. The molecule has 0 aromatic heterocycles. The zero-order chi connectivity index (χ0) is 16.4. The Morgan fingerprint density at radius 3 is 2.09 bits per heavy atom. The zero-order valence-electron chi connectivity index (χ0n) is 15.3. The van der Waals surface area contributed by atoms with Gasteiger partial charge in [-0.15, -0.1) is 0 Å². The molecular formula is C19H35N3O. The summed E-state index contributed by atoms with van der Waals surface area (Å²) in [5.74, 6) is 1.65. The van der Waals surface area contributed by atoms with Crippen molar-refractivity contribution in [1.29, 1.82) is 0 Å². The predicted octanol–water partition coefficient (Wildman–Crippen LogP) is 2.44. The van der Waals surface area contributed by atoms with Crippen LogP contribution in [0.1, 0.15) is 52.9 Å². The highest BCUT2D eigenvalue weighted by Gasteiger charge is 2.33. The average molecular weight is 322 g/mol. The van der Waals surface area contributed by atoms with Gasteiger partial charge in [-0.2, -0.15) is 0 Å². The second-order valence-corrected chi connectivity index (χ2v) is 8.38. The molecule has 132 valence electrons. The van der Waals surface area contributed by atoms with Crippen LogP contribution in [0.2, 0.25) is 0 Å². The van der Waals surface area contributed by atoms with Crippen LogP contribution in [-0.4, -0.2) is 72.0 Å². The number of likely N-dealkylation sites (tertiary alicyclic amines) is 1. The van der Waals surface area contributed by atoms with Crippen molar-refractivity contribution in [1.82, 2.24) is 14.7 Å². The fourth-order valence-corrected chi connectivity index (χ4v) is 5.02. The predicted molar refractivity (Wildman–Crippen MR) is 94.4 cm³/mol. The first-order valence-electron chi connectivity index (χ1n) is 9.81. The van der Waals surface area contributed by atoms with Crippen molar-refractivity contribution in [2.75, 3.05) is 39.3 Å². The number of carbonyl (C=O) groups excluding carboxylic acids is 1. The SMILES string of the molecule is CC1CC(C)CN(C(=O)C(C)N2CCN(C3CCCC3)CC2)C1. The minimum atomic E-state index is 0.0539. The maximum Gasteiger partial charge on any atom is 0.239 e. The molecule has 0 aromatic carbocycles. The van der Waals surface area contributed by atoms with E-state index in [9.17, 15) is 4.79 Å². The molecule has 2 aliphatic heterocycles. The molecule has 4 heteroatoms. The van der Waals surface area contributed by atoms with Gasteiger partial charge in [0, 0.05) is 45.3 Å². The summed E-state index contributed by atoms with van der Waals surface area (Å²) in [5.41, 5.74) is 0. The summed E-state index contributed by atoms with van der Waals surface area (Å²) in [6.07, 6.45) is 6.85. The molecule has 0 spiro atoms. The number of carbonyl (C=O) groups is 1. The first-order valence-corrected chi connectivity index (χ1v) is 9.81. The van der Waals surface area contributed by atoms with Crippen LogP contribution in [-0.2, 0) is 4.79 Å². The average Bonchev–Trinajstić information content (AvgIpc) is 3.07. The molecule has 0 N–H and O–H groups in total. The van der Waals surface area contributed by atoms with Crippen LogP contribution in [0.25, 0.3) is 0 Å². The highest BCUT2D eigenvalue weighted by molar-refractivity contribution is 5.81. The van der Waals surface area contributed by atoms with Crippen LogP contribution in [0.3, 0.4) is 0 Å². The molecule has 3 fully saturated rings. The van der Waals surface area contributed by atoms with Gasteiger partial charge in [-0.3, -0.25) is 14.6 Å².